The van der Waals surface area contributed by atoms with Gasteiger partial charge in [0.1, 0.15) is 0 Å². The number of rotatable bonds is 8. The Hall–Kier alpha value is -1.33. The van der Waals surface area contributed by atoms with Crippen LogP contribution in [0, 0.1) is 5.92 Å². The van der Waals surface area contributed by atoms with Crippen LogP contribution in [0.2, 0.25) is 0 Å². The number of carbonyl (C=O) groups is 1. The third-order valence-electron chi connectivity index (χ3n) is 2.57. The van der Waals surface area contributed by atoms with Crippen LogP contribution in [-0.4, -0.2) is 42.8 Å². The predicted molar refractivity (Wildman–Crippen MR) is 67.7 cm³/mol. The van der Waals surface area contributed by atoms with Crippen molar-refractivity contribution in [2.45, 2.75) is 20.4 Å². The number of carboxylic acid groups (broad SMARTS) is 1. The summed E-state index contributed by atoms with van der Waals surface area (Å²) in [5.41, 5.74) is 0.708. The van der Waals surface area contributed by atoms with Gasteiger partial charge in [-0.3, -0.25) is 4.90 Å². The van der Waals surface area contributed by atoms with E-state index < -0.39 is 5.97 Å². The first-order valence-electron chi connectivity index (χ1n) is 6.05. The summed E-state index contributed by atoms with van der Waals surface area (Å²) >= 11 is 0. The van der Waals surface area contributed by atoms with Crippen LogP contribution in [-0.2, 0) is 11.3 Å². The van der Waals surface area contributed by atoms with Crippen LogP contribution >= 0.6 is 0 Å². The van der Waals surface area contributed by atoms with Gasteiger partial charge in [-0.1, -0.05) is 13.8 Å². The van der Waals surface area contributed by atoms with Crippen LogP contribution in [0.4, 0.5) is 0 Å². The summed E-state index contributed by atoms with van der Waals surface area (Å²) in [6.07, 6.45) is 1.42. The van der Waals surface area contributed by atoms with Gasteiger partial charge in [0.2, 0.25) is 5.76 Å². The Kier molecular flexibility index (Phi) is 5.88. The number of ether oxygens (including phenoxy) is 1. The molecule has 0 bridgehead atoms. The Bertz CT molecular complexity index is 373. The first-order chi connectivity index (χ1) is 8.54. The molecule has 18 heavy (non-hydrogen) atoms. The highest BCUT2D eigenvalue weighted by molar-refractivity contribution is 5.86. The van der Waals surface area contributed by atoms with Gasteiger partial charge in [0.05, 0.1) is 12.9 Å². The number of aromatic carboxylic acids is 1. The third-order valence-corrected chi connectivity index (χ3v) is 2.57. The van der Waals surface area contributed by atoms with Gasteiger partial charge in [-0.2, -0.15) is 0 Å². The quantitative estimate of drug-likeness (QED) is 0.770. The Morgan fingerprint density at radius 3 is 2.83 bits per heavy atom. The van der Waals surface area contributed by atoms with E-state index in [9.17, 15) is 4.79 Å². The van der Waals surface area contributed by atoms with Crippen molar-refractivity contribution in [2.24, 2.45) is 5.92 Å². The molecule has 0 aromatic carbocycles. The molecule has 0 saturated carbocycles. The summed E-state index contributed by atoms with van der Waals surface area (Å²) in [5, 5.41) is 8.99. The monoisotopic (exact) mass is 255 g/mol. The van der Waals surface area contributed by atoms with Crippen molar-refractivity contribution in [1.29, 1.82) is 0 Å². The molecule has 0 spiro atoms. The van der Waals surface area contributed by atoms with Crippen LogP contribution in [0.5, 0.6) is 0 Å². The number of hydrogen-bond acceptors (Lipinski definition) is 4. The van der Waals surface area contributed by atoms with Crippen LogP contribution in [0.3, 0.4) is 0 Å². The molecule has 1 aromatic heterocycles. The molecule has 0 aliphatic carbocycles. The Morgan fingerprint density at radius 2 is 2.28 bits per heavy atom. The summed E-state index contributed by atoms with van der Waals surface area (Å²) in [5.74, 6) is -0.477. The van der Waals surface area contributed by atoms with Crippen molar-refractivity contribution in [2.75, 3.05) is 26.8 Å². The normalized spacial score (nSPS) is 11.4. The van der Waals surface area contributed by atoms with Gasteiger partial charge in [0, 0.05) is 32.3 Å². The van der Waals surface area contributed by atoms with Crippen LogP contribution in [0.25, 0.3) is 0 Å². The topological polar surface area (TPSA) is 62.9 Å². The lowest BCUT2D eigenvalue weighted by Crippen LogP contribution is -2.31. The van der Waals surface area contributed by atoms with E-state index in [4.69, 9.17) is 14.3 Å². The molecule has 0 atom stereocenters. The second-order valence-electron chi connectivity index (χ2n) is 4.70. The molecule has 5 heteroatoms. The maximum Gasteiger partial charge on any atom is 0.372 e. The fourth-order valence-corrected chi connectivity index (χ4v) is 1.86. The third kappa shape index (κ3) is 4.50. The molecule has 1 heterocycles. The minimum atomic E-state index is -1.02. The maximum atomic E-state index is 11.0. The molecule has 0 unspecified atom stereocenters. The molecule has 0 radical (unpaired) electrons. The van der Waals surface area contributed by atoms with Gasteiger partial charge < -0.3 is 14.3 Å². The molecule has 1 aromatic rings. The molecular weight excluding hydrogens is 234 g/mol. The lowest BCUT2D eigenvalue weighted by atomic mass is 10.1. The molecule has 0 saturated heterocycles. The van der Waals surface area contributed by atoms with Gasteiger partial charge in [-0.25, -0.2) is 4.79 Å². The summed E-state index contributed by atoms with van der Waals surface area (Å²) in [6.45, 7) is 7.14. The second kappa shape index (κ2) is 7.18. The lowest BCUT2D eigenvalue weighted by Gasteiger charge is -2.23. The lowest BCUT2D eigenvalue weighted by molar-refractivity contribution is 0.0658. The highest BCUT2D eigenvalue weighted by Gasteiger charge is 2.17. The molecule has 102 valence electrons. The molecule has 1 N–H and O–H groups in total. The zero-order valence-electron chi connectivity index (χ0n) is 11.2. The fourth-order valence-electron chi connectivity index (χ4n) is 1.86. The molecule has 0 amide bonds. The molecule has 0 fully saturated rings. The Labute approximate surface area is 107 Å². The summed E-state index contributed by atoms with van der Waals surface area (Å²) in [7, 11) is 1.66. The smallest absolute Gasteiger partial charge is 0.372 e. The van der Waals surface area contributed by atoms with Crippen molar-refractivity contribution < 1.29 is 19.1 Å². The van der Waals surface area contributed by atoms with Gasteiger partial charge in [-0.05, 0) is 12.0 Å². The van der Waals surface area contributed by atoms with Gasteiger partial charge in [-0.15, -0.1) is 0 Å². The van der Waals surface area contributed by atoms with E-state index in [1.165, 1.54) is 6.26 Å². The fraction of sp³-hybridized carbons (Fsp3) is 0.615. The van der Waals surface area contributed by atoms with Crippen LogP contribution in [0.1, 0.15) is 30.0 Å². The standard InChI is InChI=1S/C13H21NO4/c1-10(2)8-14(5-7-17-3)9-11-4-6-18-12(11)13(15)16/h4,6,10H,5,7-9H2,1-3H3,(H,15,16). The van der Waals surface area contributed by atoms with Gasteiger partial charge in [0.15, 0.2) is 0 Å². The number of methoxy groups -OCH3 is 1. The number of furan rings is 1. The van der Waals surface area contributed by atoms with Gasteiger partial charge >= 0.3 is 5.97 Å². The summed E-state index contributed by atoms with van der Waals surface area (Å²) < 4.78 is 10.0. The highest BCUT2D eigenvalue weighted by Crippen LogP contribution is 2.14. The zero-order valence-corrected chi connectivity index (χ0v) is 11.2. The minimum absolute atomic E-state index is 0.0289. The largest absolute Gasteiger partial charge is 0.475 e. The van der Waals surface area contributed by atoms with E-state index in [0.717, 1.165) is 13.1 Å². The van der Waals surface area contributed by atoms with Crippen molar-refractivity contribution in [1.82, 2.24) is 4.90 Å². The van der Waals surface area contributed by atoms with Crippen molar-refractivity contribution in [3.05, 3.63) is 23.7 Å². The average molecular weight is 255 g/mol. The van der Waals surface area contributed by atoms with Crippen molar-refractivity contribution in [3.8, 4) is 0 Å². The van der Waals surface area contributed by atoms with E-state index in [2.05, 4.69) is 18.7 Å². The van der Waals surface area contributed by atoms with E-state index in [1.54, 1.807) is 13.2 Å². The minimum Gasteiger partial charge on any atom is -0.475 e. The van der Waals surface area contributed by atoms with Crippen LogP contribution in [0.15, 0.2) is 16.7 Å². The van der Waals surface area contributed by atoms with Crippen LogP contribution < -0.4 is 0 Å². The molecule has 0 aliphatic rings. The number of hydrogen-bond donors (Lipinski definition) is 1. The Morgan fingerprint density at radius 1 is 1.56 bits per heavy atom. The zero-order chi connectivity index (χ0) is 13.5. The first kappa shape index (κ1) is 14.7. The molecule has 5 nitrogen and oxygen atoms in total. The van der Waals surface area contributed by atoms with E-state index >= 15 is 0 Å². The SMILES string of the molecule is COCCN(Cc1ccoc1C(=O)O)CC(C)C. The van der Waals surface area contributed by atoms with E-state index in [1.807, 2.05) is 0 Å². The van der Waals surface area contributed by atoms with E-state index in [0.29, 0.717) is 24.6 Å². The van der Waals surface area contributed by atoms with E-state index in [-0.39, 0.29) is 5.76 Å². The number of nitrogens with zero attached hydrogens (tertiary/aromatic N) is 1. The molecule has 0 aliphatic heterocycles. The predicted octanol–water partition coefficient (Wildman–Crippen LogP) is 2.08. The second-order valence-corrected chi connectivity index (χ2v) is 4.70. The van der Waals surface area contributed by atoms with Gasteiger partial charge in [0.25, 0.3) is 0 Å². The summed E-state index contributed by atoms with van der Waals surface area (Å²) in [6, 6.07) is 1.71. The molecule has 1 rings (SSSR count). The maximum absolute atomic E-state index is 11.0. The Balaban J connectivity index is 2.68. The van der Waals surface area contributed by atoms with Crippen molar-refractivity contribution in [3.63, 3.8) is 0 Å². The summed E-state index contributed by atoms with van der Waals surface area (Å²) in [4.78, 5) is 13.1. The highest BCUT2D eigenvalue weighted by atomic mass is 16.5. The van der Waals surface area contributed by atoms with Crippen molar-refractivity contribution >= 4 is 5.97 Å². The first-order valence-corrected chi connectivity index (χ1v) is 6.05. The molecular formula is C13H21NO4. The number of carboxylic acids is 1. The average Bonchev–Trinajstić information content (AvgIpc) is 2.73.